The van der Waals surface area contributed by atoms with Crippen LogP contribution in [0.25, 0.3) is 0 Å². The van der Waals surface area contributed by atoms with E-state index in [4.69, 9.17) is 0 Å². The second-order valence-electron chi connectivity index (χ2n) is 4.97. The summed E-state index contributed by atoms with van der Waals surface area (Å²) in [7, 11) is 1.81. The van der Waals surface area contributed by atoms with Crippen molar-refractivity contribution in [3.05, 3.63) is 48.0 Å². The van der Waals surface area contributed by atoms with Crippen molar-refractivity contribution in [3.63, 3.8) is 0 Å². The molecule has 0 aliphatic carbocycles. The van der Waals surface area contributed by atoms with Crippen molar-refractivity contribution in [1.29, 1.82) is 0 Å². The van der Waals surface area contributed by atoms with Gasteiger partial charge in [-0.15, -0.1) is 13.2 Å². The Morgan fingerprint density at radius 2 is 2.04 bits per heavy atom. The highest BCUT2D eigenvalue weighted by molar-refractivity contribution is 5.73. The summed E-state index contributed by atoms with van der Waals surface area (Å²) in [6, 6.07) is 5.41. The van der Waals surface area contributed by atoms with Crippen molar-refractivity contribution in [2.24, 2.45) is 7.05 Å². The molecule has 0 unspecified atom stereocenters. The van der Waals surface area contributed by atoms with Crippen LogP contribution >= 0.6 is 0 Å². The van der Waals surface area contributed by atoms with Crippen LogP contribution in [0.1, 0.15) is 11.4 Å². The van der Waals surface area contributed by atoms with Gasteiger partial charge < -0.3 is 19.9 Å². The number of carbonyl (C=O) groups is 1. The summed E-state index contributed by atoms with van der Waals surface area (Å²) in [4.78, 5) is 15.7. The fraction of sp³-hybridized carbons (Fsp3) is 0.333. The zero-order chi connectivity index (χ0) is 17.6. The quantitative estimate of drug-likeness (QED) is 0.847. The Morgan fingerprint density at radius 3 is 2.71 bits per heavy atom. The Hall–Kier alpha value is -2.71. The molecule has 0 aliphatic rings. The third-order valence-electron chi connectivity index (χ3n) is 3.21. The molecule has 2 aromatic rings. The van der Waals surface area contributed by atoms with Crippen LogP contribution in [0, 0.1) is 0 Å². The summed E-state index contributed by atoms with van der Waals surface area (Å²) in [6.45, 7) is 0.424. The molecule has 0 aliphatic heterocycles. The number of benzene rings is 1. The van der Waals surface area contributed by atoms with E-state index in [1.54, 1.807) is 30.1 Å². The van der Waals surface area contributed by atoms with Crippen molar-refractivity contribution in [2.75, 3.05) is 6.54 Å². The Kier molecular flexibility index (Phi) is 5.67. The van der Waals surface area contributed by atoms with Crippen molar-refractivity contribution in [3.8, 4) is 5.75 Å². The first-order valence-electron chi connectivity index (χ1n) is 7.17. The van der Waals surface area contributed by atoms with Crippen molar-refractivity contribution in [2.45, 2.75) is 19.3 Å². The van der Waals surface area contributed by atoms with Gasteiger partial charge in [-0.3, -0.25) is 0 Å². The highest BCUT2D eigenvalue weighted by atomic mass is 19.4. The van der Waals surface area contributed by atoms with E-state index in [1.807, 2.05) is 0 Å². The van der Waals surface area contributed by atoms with Gasteiger partial charge in [0.2, 0.25) is 0 Å². The van der Waals surface area contributed by atoms with Gasteiger partial charge in [0.15, 0.2) is 0 Å². The summed E-state index contributed by atoms with van der Waals surface area (Å²) >= 11 is 0. The number of para-hydroxylation sites is 1. The number of halogens is 3. The zero-order valence-electron chi connectivity index (χ0n) is 12.9. The standard InChI is InChI=1S/C15H17F3N4O2/c1-22-9-8-19-13(22)10-21-14(23)20-7-6-11-4-2-3-5-12(11)24-15(16,17)18/h2-5,8-9H,6-7,10H2,1H3,(H2,20,21,23). The van der Waals surface area contributed by atoms with E-state index in [1.165, 1.54) is 18.2 Å². The third kappa shape index (κ3) is 5.49. The Bertz CT molecular complexity index is 685. The van der Waals surface area contributed by atoms with E-state index in [9.17, 15) is 18.0 Å². The number of ether oxygens (including phenoxy) is 1. The molecule has 2 rings (SSSR count). The molecule has 1 aromatic carbocycles. The molecule has 2 N–H and O–H groups in total. The lowest BCUT2D eigenvalue weighted by atomic mass is 10.1. The van der Waals surface area contributed by atoms with Crippen molar-refractivity contribution in [1.82, 2.24) is 20.2 Å². The van der Waals surface area contributed by atoms with Crippen LogP contribution in [0.15, 0.2) is 36.7 Å². The van der Waals surface area contributed by atoms with E-state index in [-0.39, 0.29) is 25.3 Å². The fourth-order valence-corrected chi connectivity index (χ4v) is 2.03. The summed E-state index contributed by atoms with van der Waals surface area (Å²) in [5.41, 5.74) is 0.360. The minimum Gasteiger partial charge on any atom is -0.406 e. The average molecular weight is 342 g/mol. The number of alkyl halides is 3. The van der Waals surface area contributed by atoms with Crippen LogP contribution in [0.3, 0.4) is 0 Å². The first-order valence-corrected chi connectivity index (χ1v) is 7.17. The molecule has 0 saturated heterocycles. The number of carbonyl (C=O) groups excluding carboxylic acids is 1. The Morgan fingerprint density at radius 1 is 1.29 bits per heavy atom. The van der Waals surface area contributed by atoms with Gasteiger partial charge in [0.05, 0.1) is 6.54 Å². The highest BCUT2D eigenvalue weighted by Gasteiger charge is 2.31. The number of nitrogens with zero attached hydrogens (tertiary/aromatic N) is 2. The molecule has 0 atom stereocenters. The number of aryl methyl sites for hydroxylation is 1. The first kappa shape index (κ1) is 17.6. The maximum atomic E-state index is 12.3. The first-order chi connectivity index (χ1) is 11.3. The average Bonchev–Trinajstić information content (AvgIpc) is 2.91. The summed E-state index contributed by atoms with van der Waals surface area (Å²) in [5.74, 6) is 0.425. The van der Waals surface area contributed by atoms with Gasteiger partial charge >= 0.3 is 12.4 Å². The molecule has 0 bridgehead atoms. The molecule has 0 fully saturated rings. The summed E-state index contributed by atoms with van der Waals surface area (Å²) in [5, 5.41) is 5.20. The van der Waals surface area contributed by atoms with E-state index in [0.29, 0.717) is 11.4 Å². The van der Waals surface area contributed by atoms with Gasteiger partial charge in [-0.1, -0.05) is 18.2 Å². The number of urea groups is 1. The van der Waals surface area contributed by atoms with Gasteiger partial charge in [0, 0.05) is 26.0 Å². The van der Waals surface area contributed by atoms with E-state index < -0.39 is 12.4 Å². The smallest absolute Gasteiger partial charge is 0.406 e. The predicted molar refractivity (Wildman–Crippen MR) is 80.3 cm³/mol. The number of hydrogen-bond donors (Lipinski definition) is 2. The molecule has 24 heavy (non-hydrogen) atoms. The minimum atomic E-state index is -4.75. The molecular weight excluding hydrogens is 325 g/mol. The molecule has 1 aromatic heterocycles. The number of nitrogens with one attached hydrogen (secondary N) is 2. The zero-order valence-corrected chi connectivity index (χ0v) is 12.9. The van der Waals surface area contributed by atoms with E-state index >= 15 is 0 Å². The molecule has 0 spiro atoms. The van der Waals surface area contributed by atoms with Crippen molar-refractivity contribution >= 4 is 6.03 Å². The lowest BCUT2D eigenvalue weighted by molar-refractivity contribution is -0.274. The lowest BCUT2D eigenvalue weighted by Crippen LogP contribution is -2.36. The second kappa shape index (κ2) is 7.71. The van der Waals surface area contributed by atoms with Gasteiger partial charge in [-0.2, -0.15) is 0 Å². The lowest BCUT2D eigenvalue weighted by Gasteiger charge is -2.13. The van der Waals surface area contributed by atoms with Crippen LogP contribution in [0.5, 0.6) is 5.75 Å². The normalized spacial score (nSPS) is 11.2. The maximum absolute atomic E-state index is 12.3. The molecule has 1 heterocycles. The molecular formula is C15H17F3N4O2. The Balaban J connectivity index is 1.79. The highest BCUT2D eigenvalue weighted by Crippen LogP contribution is 2.26. The minimum absolute atomic E-state index is 0.171. The molecule has 0 saturated carbocycles. The van der Waals surface area contributed by atoms with Crippen LogP contribution < -0.4 is 15.4 Å². The number of hydrogen-bond acceptors (Lipinski definition) is 3. The third-order valence-corrected chi connectivity index (χ3v) is 3.21. The number of rotatable bonds is 6. The fourth-order valence-electron chi connectivity index (χ4n) is 2.03. The van der Waals surface area contributed by atoms with Crippen LogP contribution in [0.2, 0.25) is 0 Å². The van der Waals surface area contributed by atoms with Gasteiger partial charge in [-0.25, -0.2) is 9.78 Å². The SMILES string of the molecule is Cn1ccnc1CNC(=O)NCCc1ccccc1OC(F)(F)F. The molecule has 9 heteroatoms. The number of imidazole rings is 1. The van der Waals surface area contributed by atoms with E-state index in [0.717, 1.165) is 0 Å². The number of aromatic nitrogens is 2. The molecule has 2 amide bonds. The van der Waals surface area contributed by atoms with Gasteiger partial charge in [0.25, 0.3) is 0 Å². The van der Waals surface area contributed by atoms with Crippen LogP contribution in [-0.2, 0) is 20.0 Å². The summed E-state index contributed by atoms with van der Waals surface area (Å²) < 4.78 is 42.7. The van der Waals surface area contributed by atoms with Crippen LogP contribution in [-0.4, -0.2) is 28.5 Å². The number of amides is 2. The molecule has 6 nitrogen and oxygen atoms in total. The Labute approximate surface area is 136 Å². The van der Waals surface area contributed by atoms with E-state index in [2.05, 4.69) is 20.4 Å². The van der Waals surface area contributed by atoms with Crippen LogP contribution in [0.4, 0.5) is 18.0 Å². The maximum Gasteiger partial charge on any atom is 0.573 e. The largest absolute Gasteiger partial charge is 0.573 e. The second-order valence-corrected chi connectivity index (χ2v) is 4.97. The van der Waals surface area contributed by atoms with Gasteiger partial charge in [0.1, 0.15) is 11.6 Å². The molecule has 0 radical (unpaired) electrons. The molecule has 130 valence electrons. The predicted octanol–water partition coefficient (Wildman–Crippen LogP) is 2.36. The topological polar surface area (TPSA) is 68.2 Å². The summed E-state index contributed by atoms with van der Waals surface area (Å²) in [6.07, 6.45) is -1.16. The van der Waals surface area contributed by atoms with Gasteiger partial charge in [-0.05, 0) is 18.1 Å². The van der Waals surface area contributed by atoms with Crippen molar-refractivity contribution < 1.29 is 22.7 Å². The monoisotopic (exact) mass is 342 g/mol.